The summed E-state index contributed by atoms with van der Waals surface area (Å²) in [5.74, 6) is 0.489. The smallest absolute Gasteiger partial charge is 0.291 e. The maximum atomic E-state index is 12.4. The molecular formula is C17H21N5O2S. The van der Waals surface area contributed by atoms with Crippen LogP contribution in [0.1, 0.15) is 53.1 Å². The number of nitrogens with one attached hydrogen (secondary N) is 1. The first-order chi connectivity index (χ1) is 12.1. The molecule has 1 amide bonds. The third kappa shape index (κ3) is 2.69. The Hall–Kier alpha value is -2.06. The summed E-state index contributed by atoms with van der Waals surface area (Å²) in [7, 11) is 0. The maximum Gasteiger partial charge on any atom is 0.291 e. The lowest BCUT2D eigenvalue weighted by Gasteiger charge is -2.11. The molecule has 7 nitrogen and oxygen atoms in total. The van der Waals surface area contributed by atoms with Gasteiger partial charge in [-0.15, -0.1) is 16.4 Å². The second-order valence-electron chi connectivity index (χ2n) is 6.48. The van der Waals surface area contributed by atoms with E-state index in [1.165, 1.54) is 23.3 Å². The number of rotatable bonds is 4. The molecular weight excluding hydrogens is 338 g/mol. The minimum absolute atomic E-state index is 0.0987. The molecule has 3 aromatic rings. The highest BCUT2D eigenvalue weighted by Gasteiger charge is 2.24. The van der Waals surface area contributed by atoms with Crippen molar-refractivity contribution in [2.75, 3.05) is 6.61 Å². The van der Waals surface area contributed by atoms with E-state index in [0.717, 1.165) is 28.9 Å². The number of aliphatic hydroxyl groups is 1. The lowest BCUT2D eigenvalue weighted by molar-refractivity contribution is 0.0904. The van der Waals surface area contributed by atoms with Crippen LogP contribution in [0.4, 0.5) is 0 Å². The molecule has 1 atom stereocenters. The molecule has 0 aromatic carbocycles. The number of carbonyl (C=O) groups is 1. The van der Waals surface area contributed by atoms with Gasteiger partial charge in [-0.1, -0.05) is 6.92 Å². The van der Waals surface area contributed by atoms with Crippen molar-refractivity contribution in [1.82, 2.24) is 24.9 Å². The Bertz CT molecular complexity index is 957. The molecule has 0 fully saturated rings. The maximum absolute atomic E-state index is 12.4. The standard InChI is InChI=1S/C17H21N5O2S/c1-3-10(8-23)19-16(24)14-20-15-13-11-6-4-5-7-12(11)25-17(13)18-9(2)22(15)21-14/h10,23H,3-8H2,1-2H3,(H,19,24). The number of nitrogens with zero attached hydrogens (tertiary/aromatic N) is 4. The number of aromatic nitrogens is 4. The van der Waals surface area contributed by atoms with Crippen molar-refractivity contribution in [1.29, 1.82) is 0 Å². The summed E-state index contributed by atoms with van der Waals surface area (Å²) in [6.45, 7) is 3.69. The van der Waals surface area contributed by atoms with E-state index in [-0.39, 0.29) is 24.4 Å². The Balaban J connectivity index is 1.84. The Labute approximate surface area is 149 Å². The zero-order chi connectivity index (χ0) is 17.6. The van der Waals surface area contributed by atoms with Crippen LogP contribution < -0.4 is 5.32 Å². The molecule has 0 aliphatic heterocycles. The predicted octanol–water partition coefficient (Wildman–Crippen LogP) is 2.03. The molecule has 132 valence electrons. The van der Waals surface area contributed by atoms with Gasteiger partial charge < -0.3 is 10.4 Å². The lowest BCUT2D eigenvalue weighted by Crippen LogP contribution is -2.37. The molecule has 1 aliphatic carbocycles. The van der Waals surface area contributed by atoms with Gasteiger partial charge in [-0.05, 0) is 44.6 Å². The number of hydrogen-bond donors (Lipinski definition) is 2. The largest absolute Gasteiger partial charge is 0.394 e. The summed E-state index contributed by atoms with van der Waals surface area (Å²) >= 11 is 1.74. The molecule has 0 saturated carbocycles. The Kier molecular flexibility index (Phi) is 4.16. The van der Waals surface area contributed by atoms with E-state index in [1.54, 1.807) is 15.9 Å². The fraction of sp³-hybridized carbons (Fsp3) is 0.529. The summed E-state index contributed by atoms with van der Waals surface area (Å²) in [5.41, 5.74) is 2.04. The highest BCUT2D eigenvalue weighted by atomic mass is 32.1. The van der Waals surface area contributed by atoms with E-state index < -0.39 is 0 Å². The molecule has 3 aromatic heterocycles. The van der Waals surface area contributed by atoms with Crippen molar-refractivity contribution in [3.05, 3.63) is 22.1 Å². The van der Waals surface area contributed by atoms with Gasteiger partial charge in [0, 0.05) is 4.88 Å². The third-order valence-corrected chi connectivity index (χ3v) is 5.99. The Morgan fingerprint density at radius 3 is 2.92 bits per heavy atom. The number of thiophene rings is 1. The Morgan fingerprint density at radius 2 is 2.16 bits per heavy atom. The van der Waals surface area contributed by atoms with E-state index in [9.17, 15) is 9.90 Å². The molecule has 1 aliphatic rings. The average Bonchev–Trinajstić information content (AvgIpc) is 3.20. The van der Waals surface area contributed by atoms with E-state index in [0.29, 0.717) is 12.1 Å². The number of aryl methyl sites for hydroxylation is 3. The summed E-state index contributed by atoms with van der Waals surface area (Å²) in [6, 6.07) is -0.285. The van der Waals surface area contributed by atoms with Gasteiger partial charge in [-0.2, -0.15) is 4.52 Å². The first kappa shape index (κ1) is 16.4. The first-order valence-electron chi connectivity index (χ1n) is 8.71. The van der Waals surface area contributed by atoms with Gasteiger partial charge in [0.25, 0.3) is 5.91 Å². The van der Waals surface area contributed by atoms with Crippen molar-refractivity contribution >= 4 is 33.1 Å². The van der Waals surface area contributed by atoms with Gasteiger partial charge >= 0.3 is 0 Å². The van der Waals surface area contributed by atoms with Crippen molar-refractivity contribution < 1.29 is 9.90 Å². The fourth-order valence-corrected chi connectivity index (χ4v) is 4.68. The number of aliphatic hydroxyl groups excluding tert-OH is 1. The van der Waals surface area contributed by atoms with Gasteiger partial charge in [0.15, 0.2) is 5.65 Å². The fourth-order valence-electron chi connectivity index (χ4n) is 3.38. The minimum Gasteiger partial charge on any atom is -0.394 e. The summed E-state index contributed by atoms with van der Waals surface area (Å²) in [5, 5.41) is 17.5. The average molecular weight is 359 g/mol. The van der Waals surface area contributed by atoms with Crippen molar-refractivity contribution in [2.45, 2.75) is 52.0 Å². The van der Waals surface area contributed by atoms with Crippen LogP contribution in [0.3, 0.4) is 0 Å². The topological polar surface area (TPSA) is 92.4 Å². The third-order valence-electron chi connectivity index (χ3n) is 4.80. The van der Waals surface area contributed by atoms with Crippen LogP contribution in [0.15, 0.2) is 0 Å². The number of hydrogen-bond acceptors (Lipinski definition) is 6. The SMILES string of the molecule is CCC(CO)NC(=O)c1nc2c3c4c(sc3nc(C)n2n1)CCCC4. The first-order valence-corrected chi connectivity index (χ1v) is 9.53. The monoisotopic (exact) mass is 359 g/mol. The van der Waals surface area contributed by atoms with E-state index in [4.69, 9.17) is 0 Å². The van der Waals surface area contributed by atoms with Gasteiger partial charge in [0.2, 0.25) is 5.82 Å². The molecule has 25 heavy (non-hydrogen) atoms. The van der Waals surface area contributed by atoms with Gasteiger partial charge in [-0.25, -0.2) is 9.97 Å². The van der Waals surface area contributed by atoms with E-state index >= 15 is 0 Å². The van der Waals surface area contributed by atoms with Crippen LogP contribution in [0.2, 0.25) is 0 Å². The Morgan fingerprint density at radius 1 is 1.36 bits per heavy atom. The molecule has 8 heteroatoms. The van der Waals surface area contributed by atoms with Crippen molar-refractivity contribution in [2.24, 2.45) is 0 Å². The summed E-state index contributed by atoms with van der Waals surface area (Å²) in [4.78, 5) is 24.0. The van der Waals surface area contributed by atoms with Crippen molar-refractivity contribution in [3.8, 4) is 0 Å². The molecule has 0 radical (unpaired) electrons. The van der Waals surface area contributed by atoms with Gasteiger partial charge in [-0.3, -0.25) is 4.79 Å². The van der Waals surface area contributed by atoms with E-state index in [2.05, 4.69) is 20.4 Å². The summed E-state index contributed by atoms with van der Waals surface area (Å²) < 4.78 is 1.67. The molecule has 1 unspecified atom stereocenters. The molecule has 3 heterocycles. The normalized spacial score (nSPS) is 15.5. The van der Waals surface area contributed by atoms with Crippen LogP contribution in [-0.4, -0.2) is 43.2 Å². The molecule has 0 saturated heterocycles. The van der Waals surface area contributed by atoms with Crippen molar-refractivity contribution in [3.63, 3.8) is 0 Å². The number of fused-ring (bicyclic) bond motifs is 5. The second-order valence-corrected chi connectivity index (χ2v) is 7.57. The van der Waals surface area contributed by atoms with Crippen LogP contribution in [0.25, 0.3) is 15.9 Å². The predicted molar refractivity (Wildman–Crippen MR) is 96.2 cm³/mol. The minimum atomic E-state index is -0.360. The lowest BCUT2D eigenvalue weighted by atomic mass is 9.97. The van der Waals surface area contributed by atoms with Gasteiger partial charge in [0.05, 0.1) is 18.0 Å². The van der Waals surface area contributed by atoms with Crippen LogP contribution >= 0.6 is 11.3 Å². The highest BCUT2D eigenvalue weighted by molar-refractivity contribution is 7.19. The summed E-state index contributed by atoms with van der Waals surface area (Å²) in [6.07, 6.45) is 5.17. The molecule has 0 bridgehead atoms. The van der Waals surface area contributed by atoms with Crippen LogP contribution in [0, 0.1) is 6.92 Å². The highest BCUT2D eigenvalue weighted by Crippen LogP contribution is 2.37. The quantitative estimate of drug-likeness (QED) is 0.743. The van der Waals surface area contributed by atoms with E-state index in [1.807, 2.05) is 13.8 Å². The molecule has 0 spiro atoms. The van der Waals surface area contributed by atoms with Gasteiger partial charge in [0.1, 0.15) is 10.7 Å². The zero-order valence-electron chi connectivity index (χ0n) is 14.4. The zero-order valence-corrected chi connectivity index (χ0v) is 15.2. The number of carbonyl (C=O) groups excluding carboxylic acids is 1. The van der Waals surface area contributed by atoms with Crippen LogP contribution in [-0.2, 0) is 12.8 Å². The number of amides is 1. The second kappa shape index (κ2) is 6.34. The molecule has 4 rings (SSSR count). The van der Waals surface area contributed by atoms with Crippen LogP contribution in [0.5, 0.6) is 0 Å². The molecule has 2 N–H and O–H groups in total.